The van der Waals surface area contributed by atoms with E-state index in [1.54, 1.807) is 49.3 Å². The van der Waals surface area contributed by atoms with Crippen LogP contribution in [0, 0.1) is 18.8 Å². The van der Waals surface area contributed by atoms with Gasteiger partial charge >= 0.3 is 0 Å². The van der Waals surface area contributed by atoms with E-state index in [4.69, 9.17) is 14.0 Å². The molecule has 8 nitrogen and oxygen atoms in total. The van der Waals surface area contributed by atoms with E-state index in [-0.39, 0.29) is 11.8 Å². The molecule has 1 aromatic heterocycles. The molecule has 28 heavy (non-hydrogen) atoms. The van der Waals surface area contributed by atoms with Crippen molar-refractivity contribution in [1.82, 2.24) is 5.16 Å². The van der Waals surface area contributed by atoms with Gasteiger partial charge in [-0.15, -0.1) is 0 Å². The highest BCUT2D eigenvalue weighted by Gasteiger charge is 2.67. The van der Waals surface area contributed by atoms with E-state index in [1.165, 1.54) is 0 Å². The molecule has 2 unspecified atom stereocenters. The minimum Gasteiger partial charge on any atom is -0.497 e. The number of fused-ring (bicyclic) bond motifs is 1. The molecule has 2 amide bonds. The van der Waals surface area contributed by atoms with Crippen molar-refractivity contribution < 1.29 is 23.6 Å². The van der Waals surface area contributed by atoms with Crippen molar-refractivity contribution in [2.45, 2.75) is 18.6 Å². The van der Waals surface area contributed by atoms with Crippen molar-refractivity contribution >= 4 is 23.3 Å². The second-order valence-corrected chi connectivity index (χ2v) is 7.34. The molecule has 4 atom stereocenters. The number of rotatable bonds is 4. The predicted octanol–water partition coefficient (Wildman–Crippen LogP) is 1.92. The summed E-state index contributed by atoms with van der Waals surface area (Å²) in [6.07, 6.45) is 3.37. The molecular formula is C20H19N3O5. The normalized spacial score (nSPS) is 30.0. The number of carbonyl (C=O) groups is 2. The number of benzene rings is 1. The third-order valence-corrected chi connectivity index (χ3v) is 5.65. The van der Waals surface area contributed by atoms with Crippen LogP contribution in [-0.4, -0.2) is 42.3 Å². The molecule has 5 rings (SSSR count). The van der Waals surface area contributed by atoms with Gasteiger partial charge in [0, 0.05) is 11.8 Å². The summed E-state index contributed by atoms with van der Waals surface area (Å²) in [5.74, 6) is 0.170. The second kappa shape index (κ2) is 5.93. The quantitative estimate of drug-likeness (QED) is 0.814. The van der Waals surface area contributed by atoms with Crippen molar-refractivity contribution in [2.75, 3.05) is 23.9 Å². The lowest BCUT2D eigenvalue weighted by Crippen LogP contribution is -2.41. The molecule has 1 spiro atoms. The largest absolute Gasteiger partial charge is 0.497 e. The minimum atomic E-state index is -0.795. The molecule has 8 heteroatoms. The van der Waals surface area contributed by atoms with Crippen LogP contribution in [0.3, 0.4) is 0 Å². The SMILES string of the molecule is COc1ccc(NC(=O)C2C3C(=O)N(c4cc(C)on4)C[C@@]34C=C[C@H]2O4)cc1. The van der Waals surface area contributed by atoms with Gasteiger partial charge in [-0.2, -0.15) is 0 Å². The molecule has 2 saturated heterocycles. The molecule has 2 bridgehead atoms. The number of aromatic nitrogens is 1. The van der Waals surface area contributed by atoms with E-state index in [0.717, 1.165) is 0 Å². The number of anilines is 2. The fraction of sp³-hybridized carbons (Fsp3) is 0.350. The smallest absolute Gasteiger partial charge is 0.235 e. The maximum atomic E-state index is 13.2. The van der Waals surface area contributed by atoms with Gasteiger partial charge < -0.3 is 19.3 Å². The summed E-state index contributed by atoms with van der Waals surface area (Å²) in [5.41, 5.74) is -0.155. The Balaban J connectivity index is 1.41. The van der Waals surface area contributed by atoms with Gasteiger partial charge in [0.25, 0.3) is 0 Å². The van der Waals surface area contributed by atoms with Crippen molar-refractivity contribution in [3.63, 3.8) is 0 Å². The zero-order valence-corrected chi connectivity index (χ0v) is 15.4. The maximum absolute atomic E-state index is 13.2. The highest BCUT2D eigenvalue weighted by Crippen LogP contribution is 2.52. The Kier molecular flexibility index (Phi) is 3.60. The number of ether oxygens (including phenoxy) is 2. The van der Waals surface area contributed by atoms with Crippen LogP contribution in [0.4, 0.5) is 11.5 Å². The van der Waals surface area contributed by atoms with Crippen LogP contribution in [0.15, 0.2) is 47.0 Å². The van der Waals surface area contributed by atoms with Crippen molar-refractivity contribution in [2.24, 2.45) is 11.8 Å². The summed E-state index contributed by atoms with van der Waals surface area (Å²) >= 11 is 0. The van der Waals surface area contributed by atoms with E-state index in [0.29, 0.717) is 29.6 Å². The number of aryl methyl sites for hydroxylation is 1. The van der Waals surface area contributed by atoms with Gasteiger partial charge in [-0.3, -0.25) is 14.5 Å². The fourth-order valence-corrected chi connectivity index (χ4v) is 4.37. The number of hydrogen-bond acceptors (Lipinski definition) is 6. The lowest BCUT2D eigenvalue weighted by atomic mass is 9.77. The summed E-state index contributed by atoms with van der Waals surface area (Å²) in [5, 5.41) is 6.84. The zero-order valence-electron chi connectivity index (χ0n) is 15.4. The van der Waals surface area contributed by atoms with Crippen molar-refractivity contribution in [3.8, 4) is 5.75 Å². The van der Waals surface area contributed by atoms with Gasteiger partial charge in [0.05, 0.1) is 31.6 Å². The van der Waals surface area contributed by atoms with Gasteiger partial charge in [0.1, 0.15) is 17.1 Å². The average Bonchev–Trinajstić information content (AvgIpc) is 3.43. The van der Waals surface area contributed by atoms with Crippen LogP contribution >= 0.6 is 0 Å². The van der Waals surface area contributed by atoms with Crippen LogP contribution in [0.5, 0.6) is 5.75 Å². The molecule has 0 radical (unpaired) electrons. The number of carbonyl (C=O) groups excluding carboxylic acids is 2. The van der Waals surface area contributed by atoms with Crippen molar-refractivity contribution in [3.05, 3.63) is 48.2 Å². The maximum Gasteiger partial charge on any atom is 0.235 e. The summed E-state index contributed by atoms with van der Waals surface area (Å²) in [6.45, 7) is 2.09. The average molecular weight is 381 g/mol. The van der Waals surface area contributed by atoms with Crippen LogP contribution in [0.2, 0.25) is 0 Å². The number of amides is 2. The van der Waals surface area contributed by atoms with Crippen LogP contribution in [0.25, 0.3) is 0 Å². The lowest BCUT2D eigenvalue weighted by molar-refractivity contribution is -0.128. The van der Waals surface area contributed by atoms with Gasteiger partial charge in [-0.1, -0.05) is 17.3 Å². The van der Waals surface area contributed by atoms with Crippen LogP contribution in [-0.2, 0) is 14.3 Å². The molecule has 0 saturated carbocycles. The summed E-state index contributed by atoms with van der Waals surface area (Å²) in [4.78, 5) is 27.7. The van der Waals surface area contributed by atoms with E-state index in [9.17, 15) is 9.59 Å². The molecule has 144 valence electrons. The van der Waals surface area contributed by atoms with E-state index in [2.05, 4.69) is 10.5 Å². The fourth-order valence-electron chi connectivity index (χ4n) is 4.37. The molecule has 1 N–H and O–H groups in total. The van der Waals surface area contributed by atoms with Gasteiger partial charge in [-0.05, 0) is 31.2 Å². The van der Waals surface area contributed by atoms with E-state index < -0.39 is 23.5 Å². The number of nitrogens with one attached hydrogen (secondary N) is 1. The summed E-state index contributed by atoms with van der Waals surface area (Å²) in [7, 11) is 1.58. The van der Waals surface area contributed by atoms with E-state index >= 15 is 0 Å². The topological polar surface area (TPSA) is 93.9 Å². The summed E-state index contributed by atoms with van der Waals surface area (Å²) < 4.78 is 16.3. The number of nitrogens with zero attached hydrogens (tertiary/aromatic N) is 2. The zero-order chi connectivity index (χ0) is 19.5. The Morgan fingerprint density at radius 2 is 2.14 bits per heavy atom. The molecule has 3 aliphatic rings. The Hall–Kier alpha value is -3.13. The molecule has 3 aliphatic heterocycles. The van der Waals surface area contributed by atoms with Gasteiger partial charge in [-0.25, -0.2) is 0 Å². The Labute approximate surface area is 161 Å². The van der Waals surface area contributed by atoms with Crippen molar-refractivity contribution in [1.29, 1.82) is 0 Å². The first kappa shape index (κ1) is 17.0. The predicted molar refractivity (Wildman–Crippen MR) is 98.9 cm³/mol. The molecule has 2 fully saturated rings. The Morgan fingerprint density at radius 3 is 2.82 bits per heavy atom. The lowest BCUT2D eigenvalue weighted by Gasteiger charge is -2.23. The van der Waals surface area contributed by atoms with Crippen LogP contribution < -0.4 is 15.0 Å². The van der Waals surface area contributed by atoms with Gasteiger partial charge in [0.2, 0.25) is 11.8 Å². The molecular weight excluding hydrogens is 362 g/mol. The first-order valence-electron chi connectivity index (χ1n) is 9.07. The molecule has 4 heterocycles. The highest BCUT2D eigenvalue weighted by atomic mass is 16.5. The molecule has 0 aliphatic carbocycles. The summed E-state index contributed by atoms with van der Waals surface area (Å²) in [6, 6.07) is 8.76. The number of methoxy groups -OCH3 is 1. The molecule has 2 aromatic rings. The first-order valence-corrected chi connectivity index (χ1v) is 9.07. The second-order valence-electron chi connectivity index (χ2n) is 7.34. The Morgan fingerprint density at radius 1 is 1.36 bits per heavy atom. The van der Waals surface area contributed by atoms with Crippen LogP contribution in [0.1, 0.15) is 5.76 Å². The van der Waals surface area contributed by atoms with Gasteiger partial charge in [0.15, 0.2) is 5.82 Å². The standard InChI is InChI=1S/C20H19N3O5/c1-11-9-15(22-28-11)23-10-20-8-7-14(27-20)16(17(20)19(23)25)18(24)21-12-3-5-13(26-2)6-4-12/h3-9,14,16-17H,10H2,1-2H3,(H,21,24)/t14-,16?,17?,20+/m1/s1. The monoisotopic (exact) mass is 381 g/mol. The highest BCUT2D eigenvalue weighted by molar-refractivity contribution is 6.05. The molecule has 1 aromatic carbocycles. The third-order valence-electron chi connectivity index (χ3n) is 5.65. The Bertz CT molecular complexity index is 982. The first-order chi connectivity index (χ1) is 13.5. The minimum absolute atomic E-state index is 0.171. The van der Waals surface area contributed by atoms with E-state index in [1.807, 2.05) is 12.2 Å². The third kappa shape index (κ3) is 2.37. The number of hydrogen-bond donors (Lipinski definition) is 1.